The fraction of sp³-hybridized carbons (Fsp3) is 0.429. The second-order valence-electron chi connectivity index (χ2n) is 4.85. The minimum atomic E-state index is -0.510. The predicted molar refractivity (Wildman–Crippen MR) is 74.7 cm³/mol. The average Bonchev–Trinajstić information content (AvgIpc) is 3.22. The van der Waals surface area contributed by atoms with Crippen LogP contribution in [0.5, 0.6) is 0 Å². The maximum absolute atomic E-state index is 11.7. The Morgan fingerprint density at radius 3 is 2.53 bits per heavy atom. The predicted octanol–water partition coefficient (Wildman–Crippen LogP) is 1.71. The first-order valence-electron chi connectivity index (χ1n) is 6.57. The monoisotopic (exact) mass is 261 g/mol. The number of carbonyl (C=O) groups excluding carboxylic acids is 2. The van der Waals surface area contributed by atoms with Crippen LogP contribution in [0.4, 0.5) is 11.4 Å². The van der Waals surface area contributed by atoms with Gasteiger partial charge in [0.2, 0.25) is 11.8 Å². The van der Waals surface area contributed by atoms with Gasteiger partial charge < -0.3 is 16.4 Å². The lowest BCUT2D eigenvalue weighted by atomic mass is 10.2. The smallest absolute Gasteiger partial charge is 0.241 e. The fourth-order valence-corrected chi connectivity index (χ4v) is 1.68. The molecular weight excluding hydrogens is 242 g/mol. The summed E-state index contributed by atoms with van der Waals surface area (Å²) in [7, 11) is 0. The molecule has 0 aromatic heterocycles. The third kappa shape index (κ3) is 3.79. The van der Waals surface area contributed by atoms with Crippen molar-refractivity contribution in [1.82, 2.24) is 0 Å². The highest BCUT2D eigenvalue weighted by Gasteiger charge is 2.29. The lowest BCUT2D eigenvalue weighted by Gasteiger charge is -2.11. The normalized spacial score (nSPS) is 15.7. The van der Waals surface area contributed by atoms with Crippen molar-refractivity contribution >= 4 is 23.2 Å². The van der Waals surface area contributed by atoms with Crippen molar-refractivity contribution in [3.05, 3.63) is 24.3 Å². The summed E-state index contributed by atoms with van der Waals surface area (Å²) in [6.45, 7) is 1.86. The largest absolute Gasteiger partial charge is 0.326 e. The summed E-state index contributed by atoms with van der Waals surface area (Å²) in [5.41, 5.74) is 6.98. The number of amides is 2. The maximum atomic E-state index is 11.7. The van der Waals surface area contributed by atoms with E-state index in [2.05, 4.69) is 10.6 Å². The van der Waals surface area contributed by atoms with E-state index in [4.69, 9.17) is 5.73 Å². The molecule has 0 spiro atoms. The topological polar surface area (TPSA) is 84.2 Å². The zero-order valence-corrected chi connectivity index (χ0v) is 11.0. The molecule has 1 aliphatic rings. The fourth-order valence-electron chi connectivity index (χ4n) is 1.68. The highest BCUT2D eigenvalue weighted by Crippen LogP contribution is 2.30. The van der Waals surface area contributed by atoms with E-state index >= 15 is 0 Å². The standard InChI is InChI=1S/C14H19N3O2/c1-2-12(15)14(19)17-11-5-3-4-10(8-11)16-13(18)9-6-7-9/h3-5,8-9,12H,2,6-7,15H2,1H3,(H,16,18)(H,17,19)/t12-/m0/s1. The van der Waals surface area contributed by atoms with Gasteiger partial charge in [0.1, 0.15) is 0 Å². The number of nitrogens with two attached hydrogens (primary N) is 1. The summed E-state index contributed by atoms with van der Waals surface area (Å²) in [6, 6.07) is 6.59. The Morgan fingerprint density at radius 2 is 1.95 bits per heavy atom. The molecule has 1 atom stereocenters. The van der Waals surface area contributed by atoms with Gasteiger partial charge >= 0.3 is 0 Å². The lowest BCUT2D eigenvalue weighted by Crippen LogP contribution is -2.34. The molecule has 1 fully saturated rings. The summed E-state index contributed by atoms with van der Waals surface area (Å²) in [5, 5.41) is 5.58. The van der Waals surface area contributed by atoms with Crippen LogP contribution in [-0.2, 0) is 9.59 Å². The highest BCUT2D eigenvalue weighted by atomic mass is 16.2. The lowest BCUT2D eigenvalue weighted by molar-refractivity contribution is -0.118. The van der Waals surface area contributed by atoms with Gasteiger partial charge in [-0.05, 0) is 37.5 Å². The molecule has 1 saturated carbocycles. The maximum Gasteiger partial charge on any atom is 0.241 e. The van der Waals surface area contributed by atoms with Crippen LogP contribution in [0.3, 0.4) is 0 Å². The Kier molecular flexibility index (Phi) is 4.16. The number of anilines is 2. The molecule has 0 aliphatic heterocycles. The van der Waals surface area contributed by atoms with Crippen molar-refractivity contribution in [2.24, 2.45) is 11.7 Å². The molecule has 0 unspecified atom stereocenters. The Balaban J connectivity index is 1.98. The Bertz CT molecular complexity index is 483. The Morgan fingerprint density at radius 1 is 1.32 bits per heavy atom. The third-order valence-electron chi connectivity index (χ3n) is 3.12. The van der Waals surface area contributed by atoms with Crippen molar-refractivity contribution < 1.29 is 9.59 Å². The number of benzene rings is 1. The molecule has 1 aliphatic carbocycles. The molecule has 0 heterocycles. The molecule has 0 saturated heterocycles. The first kappa shape index (κ1) is 13.5. The van der Waals surface area contributed by atoms with Crippen LogP contribution in [0.2, 0.25) is 0 Å². The minimum absolute atomic E-state index is 0.0498. The minimum Gasteiger partial charge on any atom is -0.326 e. The Hall–Kier alpha value is -1.88. The number of rotatable bonds is 5. The third-order valence-corrected chi connectivity index (χ3v) is 3.12. The van der Waals surface area contributed by atoms with Gasteiger partial charge in [-0.15, -0.1) is 0 Å². The van der Waals surface area contributed by atoms with E-state index in [1.165, 1.54) is 0 Å². The summed E-state index contributed by atoms with van der Waals surface area (Å²) in [6.07, 6.45) is 2.52. The summed E-state index contributed by atoms with van der Waals surface area (Å²) >= 11 is 0. The van der Waals surface area contributed by atoms with E-state index in [0.29, 0.717) is 17.8 Å². The van der Waals surface area contributed by atoms with Crippen LogP contribution in [0.25, 0.3) is 0 Å². The number of nitrogens with one attached hydrogen (secondary N) is 2. The molecule has 102 valence electrons. The quantitative estimate of drug-likeness (QED) is 0.754. The SMILES string of the molecule is CC[C@H](N)C(=O)Nc1cccc(NC(=O)C2CC2)c1. The summed E-state index contributed by atoms with van der Waals surface area (Å²) < 4.78 is 0. The van der Waals surface area contributed by atoms with Crippen LogP contribution in [0.1, 0.15) is 26.2 Å². The summed E-state index contributed by atoms with van der Waals surface area (Å²) in [5.74, 6) is -0.00586. The summed E-state index contributed by atoms with van der Waals surface area (Å²) in [4.78, 5) is 23.3. The second-order valence-corrected chi connectivity index (χ2v) is 4.85. The molecule has 0 radical (unpaired) electrons. The van der Waals surface area contributed by atoms with Gasteiger partial charge in [-0.25, -0.2) is 0 Å². The van der Waals surface area contributed by atoms with Crippen LogP contribution in [-0.4, -0.2) is 17.9 Å². The molecule has 0 bridgehead atoms. The zero-order valence-electron chi connectivity index (χ0n) is 11.0. The van der Waals surface area contributed by atoms with E-state index in [1.807, 2.05) is 6.92 Å². The van der Waals surface area contributed by atoms with Crippen LogP contribution < -0.4 is 16.4 Å². The molecule has 2 rings (SSSR count). The molecule has 5 heteroatoms. The van der Waals surface area contributed by atoms with Gasteiger partial charge in [0, 0.05) is 17.3 Å². The Labute approximate surface area is 112 Å². The second kappa shape index (κ2) is 5.84. The average molecular weight is 261 g/mol. The number of hydrogen-bond donors (Lipinski definition) is 3. The van der Waals surface area contributed by atoms with Crippen molar-refractivity contribution in [2.45, 2.75) is 32.2 Å². The van der Waals surface area contributed by atoms with Gasteiger partial charge in [-0.1, -0.05) is 13.0 Å². The van der Waals surface area contributed by atoms with Crippen LogP contribution in [0.15, 0.2) is 24.3 Å². The number of hydrogen-bond acceptors (Lipinski definition) is 3. The van der Waals surface area contributed by atoms with Gasteiger partial charge in [0.25, 0.3) is 0 Å². The highest BCUT2D eigenvalue weighted by molar-refractivity contribution is 5.97. The molecule has 1 aromatic carbocycles. The molecule has 2 amide bonds. The zero-order chi connectivity index (χ0) is 13.8. The van der Waals surface area contributed by atoms with Crippen LogP contribution in [0, 0.1) is 5.92 Å². The van der Waals surface area contributed by atoms with E-state index < -0.39 is 6.04 Å². The van der Waals surface area contributed by atoms with E-state index in [9.17, 15) is 9.59 Å². The molecule has 5 nitrogen and oxygen atoms in total. The van der Waals surface area contributed by atoms with Crippen molar-refractivity contribution in [3.8, 4) is 0 Å². The van der Waals surface area contributed by atoms with Gasteiger partial charge in [0.05, 0.1) is 6.04 Å². The van der Waals surface area contributed by atoms with E-state index in [1.54, 1.807) is 24.3 Å². The molecule has 1 aromatic rings. The molecular formula is C14H19N3O2. The first-order chi connectivity index (χ1) is 9.10. The molecule has 4 N–H and O–H groups in total. The van der Waals surface area contributed by atoms with E-state index in [0.717, 1.165) is 12.8 Å². The van der Waals surface area contributed by atoms with Gasteiger partial charge in [-0.2, -0.15) is 0 Å². The number of carbonyl (C=O) groups is 2. The molecule has 19 heavy (non-hydrogen) atoms. The van der Waals surface area contributed by atoms with Gasteiger partial charge in [0.15, 0.2) is 0 Å². The van der Waals surface area contributed by atoms with Crippen molar-refractivity contribution in [2.75, 3.05) is 10.6 Å². The first-order valence-corrected chi connectivity index (χ1v) is 6.57. The van der Waals surface area contributed by atoms with Gasteiger partial charge in [-0.3, -0.25) is 9.59 Å². The van der Waals surface area contributed by atoms with Crippen molar-refractivity contribution in [3.63, 3.8) is 0 Å². The van der Waals surface area contributed by atoms with Crippen molar-refractivity contribution in [1.29, 1.82) is 0 Å². The van der Waals surface area contributed by atoms with E-state index in [-0.39, 0.29) is 17.7 Å². The van der Waals surface area contributed by atoms with Crippen LogP contribution >= 0.6 is 0 Å².